The molecule has 0 unspecified atom stereocenters. The average molecular weight is 333 g/mol. The van der Waals surface area contributed by atoms with E-state index in [4.69, 9.17) is 9.47 Å². The Bertz CT molecular complexity index is 571. The second-order valence-electron chi connectivity index (χ2n) is 6.78. The Hall–Kier alpha value is -1.50. The molecule has 6 heteroatoms. The molecule has 1 fully saturated rings. The maximum Gasteiger partial charge on any atom is 0.248 e. The molecule has 0 atom stereocenters. The van der Waals surface area contributed by atoms with Gasteiger partial charge >= 0.3 is 0 Å². The Balaban J connectivity index is 1.60. The molecule has 1 saturated heterocycles. The largest absolute Gasteiger partial charge is 0.381 e. The van der Waals surface area contributed by atoms with Gasteiger partial charge in [-0.1, -0.05) is 0 Å². The number of pyridine rings is 1. The Kier molecular flexibility index (Phi) is 5.81. The Morgan fingerprint density at radius 1 is 1.38 bits per heavy atom. The van der Waals surface area contributed by atoms with Gasteiger partial charge in [0.15, 0.2) is 0 Å². The van der Waals surface area contributed by atoms with E-state index < -0.39 is 0 Å². The Labute approximate surface area is 143 Å². The van der Waals surface area contributed by atoms with Crippen LogP contribution in [0.25, 0.3) is 0 Å². The van der Waals surface area contributed by atoms with Gasteiger partial charge in [-0.15, -0.1) is 0 Å². The van der Waals surface area contributed by atoms with Gasteiger partial charge in [-0.05, 0) is 36.0 Å². The maximum absolute atomic E-state index is 11.6. The first-order valence-electron chi connectivity index (χ1n) is 8.69. The van der Waals surface area contributed by atoms with E-state index in [1.54, 1.807) is 19.0 Å². The van der Waals surface area contributed by atoms with E-state index in [9.17, 15) is 4.79 Å². The van der Waals surface area contributed by atoms with Crippen LogP contribution in [-0.2, 0) is 33.8 Å². The highest BCUT2D eigenvalue weighted by Gasteiger charge is 2.26. The third-order valence-electron chi connectivity index (χ3n) is 4.95. The first-order chi connectivity index (χ1) is 11.6. The number of ether oxygens (including phenoxy) is 2. The number of carbonyl (C=O) groups is 1. The van der Waals surface area contributed by atoms with Gasteiger partial charge in [0.2, 0.25) is 5.91 Å². The number of nitrogens with zero attached hydrogens (tertiary/aromatic N) is 3. The number of aromatic nitrogens is 1. The average Bonchev–Trinajstić information content (AvgIpc) is 2.62. The third-order valence-corrected chi connectivity index (χ3v) is 4.95. The fourth-order valence-electron chi connectivity index (χ4n) is 3.45. The van der Waals surface area contributed by atoms with Crippen LogP contribution < -0.4 is 0 Å². The summed E-state index contributed by atoms with van der Waals surface area (Å²) in [6.45, 7) is 4.35. The van der Waals surface area contributed by atoms with Gasteiger partial charge in [-0.3, -0.25) is 14.7 Å². The molecule has 1 aromatic rings. The molecule has 0 aliphatic carbocycles. The van der Waals surface area contributed by atoms with Crippen LogP contribution in [-0.4, -0.2) is 67.2 Å². The first kappa shape index (κ1) is 17.3. The number of rotatable bonds is 5. The number of amides is 1. The van der Waals surface area contributed by atoms with E-state index in [0.717, 1.165) is 51.1 Å². The van der Waals surface area contributed by atoms with E-state index in [-0.39, 0.29) is 12.5 Å². The molecule has 2 aliphatic rings. The molecule has 0 spiro atoms. The van der Waals surface area contributed by atoms with Crippen molar-refractivity contribution in [3.63, 3.8) is 0 Å². The first-order valence-corrected chi connectivity index (χ1v) is 8.69. The van der Waals surface area contributed by atoms with Crippen molar-refractivity contribution in [2.75, 3.05) is 40.5 Å². The molecular weight excluding hydrogens is 306 g/mol. The predicted molar refractivity (Wildman–Crippen MR) is 90.5 cm³/mol. The summed E-state index contributed by atoms with van der Waals surface area (Å²) in [4.78, 5) is 20.1. The van der Waals surface area contributed by atoms with Crippen molar-refractivity contribution < 1.29 is 14.3 Å². The number of hydrogen-bond donors (Lipinski definition) is 0. The van der Waals surface area contributed by atoms with Crippen LogP contribution in [0.3, 0.4) is 0 Å². The molecule has 2 aliphatic heterocycles. The lowest BCUT2D eigenvalue weighted by Crippen LogP contribution is -2.42. The van der Waals surface area contributed by atoms with Crippen LogP contribution in [0.4, 0.5) is 0 Å². The van der Waals surface area contributed by atoms with Gasteiger partial charge in [-0.25, -0.2) is 0 Å². The summed E-state index contributed by atoms with van der Waals surface area (Å²) in [5.41, 5.74) is 3.77. The van der Waals surface area contributed by atoms with Crippen LogP contribution in [0.1, 0.15) is 29.5 Å². The second-order valence-corrected chi connectivity index (χ2v) is 6.78. The molecule has 6 nitrogen and oxygen atoms in total. The summed E-state index contributed by atoms with van der Waals surface area (Å²) in [6, 6.07) is 0.629. The summed E-state index contributed by atoms with van der Waals surface area (Å²) in [5, 5.41) is 0. The summed E-state index contributed by atoms with van der Waals surface area (Å²) >= 11 is 0. The molecule has 0 bridgehead atoms. The number of fused-ring (bicyclic) bond motifs is 1. The Morgan fingerprint density at radius 2 is 2.17 bits per heavy atom. The minimum atomic E-state index is -0.0153. The molecular formula is C18H27N3O3. The zero-order valence-corrected chi connectivity index (χ0v) is 14.7. The SMILES string of the molecule is CN(C)C(=O)COCc1cncc2c1CCN(C1CCOCC1)C2. The second kappa shape index (κ2) is 8.05. The number of likely N-dealkylation sites (N-methyl/N-ethyl adjacent to an activating group) is 1. The topological polar surface area (TPSA) is 54.9 Å². The molecule has 3 heterocycles. The van der Waals surface area contributed by atoms with Crippen molar-refractivity contribution in [3.8, 4) is 0 Å². The fourth-order valence-corrected chi connectivity index (χ4v) is 3.45. The van der Waals surface area contributed by atoms with Crippen molar-refractivity contribution in [1.29, 1.82) is 0 Å². The van der Waals surface area contributed by atoms with Crippen LogP contribution in [0.15, 0.2) is 12.4 Å². The van der Waals surface area contributed by atoms with Crippen LogP contribution in [0, 0.1) is 0 Å². The van der Waals surface area contributed by atoms with Crippen molar-refractivity contribution in [2.45, 2.75) is 38.5 Å². The molecule has 132 valence electrons. The third kappa shape index (κ3) is 4.12. The summed E-state index contributed by atoms with van der Waals surface area (Å²) < 4.78 is 11.1. The van der Waals surface area contributed by atoms with Crippen LogP contribution >= 0.6 is 0 Å². The highest BCUT2D eigenvalue weighted by molar-refractivity contribution is 5.76. The minimum Gasteiger partial charge on any atom is -0.381 e. The summed E-state index contributed by atoms with van der Waals surface area (Å²) in [7, 11) is 3.48. The normalized spacial score (nSPS) is 19.1. The van der Waals surface area contributed by atoms with Crippen LogP contribution in [0.5, 0.6) is 0 Å². The van der Waals surface area contributed by atoms with Gasteiger partial charge < -0.3 is 14.4 Å². The maximum atomic E-state index is 11.6. The molecule has 0 saturated carbocycles. The van der Waals surface area contributed by atoms with E-state index in [2.05, 4.69) is 9.88 Å². The van der Waals surface area contributed by atoms with Gasteiger partial charge in [0.25, 0.3) is 0 Å². The summed E-state index contributed by atoms with van der Waals surface area (Å²) in [5.74, 6) is -0.0153. The molecule has 0 N–H and O–H groups in total. The van der Waals surface area contributed by atoms with Crippen molar-refractivity contribution in [1.82, 2.24) is 14.8 Å². The highest BCUT2D eigenvalue weighted by atomic mass is 16.5. The fraction of sp³-hybridized carbons (Fsp3) is 0.667. The molecule has 24 heavy (non-hydrogen) atoms. The van der Waals surface area contributed by atoms with Gasteiger partial charge in [-0.2, -0.15) is 0 Å². The van der Waals surface area contributed by atoms with E-state index >= 15 is 0 Å². The smallest absolute Gasteiger partial charge is 0.248 e. The lowest BCUT2D eigenvalue weighted by Gasteiger charge is -2.37. The molecule has 3 rings (SSSR count). The standard InChI is InChI=1S/C18H27N3O3/c1-20(2)18(22)13-24-12-15-10-19-9-14-11-21(6-3-17(14)15)16-4-7-23-8-5-16/h9-10,16H,3-8,11-13H2,1-2H3. The van der Waals surface area contributed by atoms with E-state index in [0.29, 0.717) is 12.6 Å². The zero-order chi connectivity index (χ0) is 16.9. The van der Waals surface area contributed by atoms with E-state index in [1.807, 2.05) is 12.4 Å². The quantitative estimate of drug-likeness (QED) is 0.811. The Morgan fingerprint density at radius 3 is 2.92 bits per heavy atom. The molecule has 0 radical (unpaired) electrons. The van der Waals surface area contributed by atoms with Gasteiger partial charge in [0.1, 0.15) is 6.61 Å². The lowest BCUT2D eigenvalue weighted by molar-refractivity contribution is -0.133. The van der Waals surface area contributed by atoms with Crippen molar-refractivity contribution in [2.24, 2.45) is 0 Å². The zero-order valence-electron chi connectivity index (χ0n) is 14.7. The molecule has 1 aromatic heterocycles. The monoisotopic (exact) mass is 333 g/mol. The van der Waals surface area contributed by atoms with Gasteiger partial charge in [0.05, 0.1) is 6.61 Å². The number of carbonyl (C=O) groups excluding carboxylic acids is 1. The van der Waals surface area contributed by atoms with Crippen LogP contribution in [0.2, 0.25) is 0 Å². The molecule has 0 aromatic carbocycles. The van der Waals surface area contributed by atoms with Crippen molar-refractivity contribution in [3.05, 3.63) is 29.1 Å². The number of hydrogen-bond acceptors (Lipinski definition) is 5. The minimum absolute atomic E-state index is 0.0153. The lowest BCUT2D eigenvalue weighted by atomic mass is 9.95. The highest BCUT2D eigenvalue weighted by Crippen LogP contribution is 2.26. The van der Waals surface area contributed by atoms with Gasteiger partial charge in [0, 0.05) is 58.8 Å². The summed E-state index contributed by atoms with van der Waals surface area (Å²) in [6.07, 6.45) is 7.13. The van der Waals surface area contributed by atoms with E-state index in [1.165, 1.54) is 11.1 Å². The van der Waals surface area contributed by atoms with Crippen molar-refractivity contribution >= 4 is 5.91 Å². The predicted octanol–water partition coefficient (Wildman–Crippen LogP) is 1.22. The molecule has 1 amide bonds.